The van der Waals surface area contributed by atoms with Gasteiger partial charge in [-0.3, -0.25) is 0 Å². The van der Waals surface area contributed by atoms with Crippen LogP contribution in [0.4, 0.5) is 0 Å². The summed E-state index contributed by atoms with van der Waals surface area (Å²) in [5.41, 5.74) is 2.31. The number of nitrogens with zero attached hydrogens (tertiary/aromatic N) is 1. The van der Waals surface area contributed by atoms with Gasteiger partial charge in [0.05, 0.1) is 0 Å². The lowest BCUT2D eigenvalue weighted by molar-refractivity contribution is 0.171. The van der Waals surface area contributed by atoms with Crippen LogP contribution in [0.2, 0.25) is 0 Å². The van der Waals surface area contributed by atoms with Crippen molar-refractivity contribution in [3.05, 3.63) is 30.2 Å². The molecular formula is C20H31NO. The van der Waals surface area contributed by atoms with Crippen LogP contribution in [0.15, 0.2) is 28.7 Å². The van der Waals surface area contributed by atoms with Crippen LogP contribution >= 0.6 is 0 Å². The van der Waals surface area contributed by atoms with E-state index >= 15 is 0 Å². The lowest BCUT2D eigenvalue weighted by Gasteiger charge is -2.34. The Labute approximate surface area is 135 Å². The van der Waals surface area contributed by atoms with Gasteiger partial charge in [-0.2, -0.15) is 0 Å². The summed E-state index contributed by atoms with van der Waals surface area (Å²) in [7, 11) is 0. The Morgan fingerprint density at radius 1 is 1.09 bits per heavy atom. The highest BCUT2D eigenvalue weighted by atomic mass is 16.3. The van der Waals surface area contributed by atoms with Crippen LogP contribution in [0.25, 0.3) is 11.1 Å². The predicted molar refractivity (Wildman–Crippen MR) is 94.1 cm³/mol. The van der Waals surface area contributed by atoms with Crippen LogP contribution in [0.1, 0.15) is 78.5 Å². The number of aromatic nitrogens is 1. The van der Waals surface area contributed by atoms with Crippen LogP contribution in [-0.2, 0) is 0 Å². The molecule has 0 N–H and O–H groups in total. The van der Waals surface area contributed by atoms with Crippen molar-refractivity contribution in [3.63, 3.8) is 0 Å². The van der Waals surface area contributed by atoms with Gasteiger partial charge < -0.3 is 4.42 Å². The van der Waals surface area contributed by atoms with Crippen molar-refractivity contribution in [1.29, 1.82) is 0 Å². The highest BCUT2D eigenvalue weighted by Crippen LogP contribution is 2.38. The highest BCUT2D eigenvalue weighted by Gasteiger charge is 2.27. The number of fused-ring (bicyclic) bond motifs is 1. The molecule has 0 saturated heterocycles. The smallest absolute Gasteiger partial charge is 0.198 e. The summed E-state index contributed by atoms with van der Waals surface area (Å²) in [6.07, 6.45) is 6.25. The molecule has 2 atom stereocenters. The largest absolute Gasteiger partial charge is 0.440 e. The molecule has 0 spiro atoms. The Balaban J connectivity index is 2.02. The molecule has 2 nitrogen and oxygen atoms in total. The van der Waals surface area contributed by atoms with E-state index in [1.165, 1.54) is 25.7 Å². The van der Waals surface area contributed by atoms with E-state index in [0.29, 0.717) is 11.3 Å². The molecule has 0 aliphatic rings. The van der Waals surface area contributed by atoms with Crippen molar-refractivity contribution in [2.45, 2.75) is 72.6 Å². The molecule has 1 heterocycles. The summed E-state index contributed by atoms with van der Waals surface area (Å²) in [5.74, 6) is 2.07. The van der Waals surface area contributed by atoms with Crippen LogP contribution in [0, 0.1) is 11.3 Å². The summed E-state index contributed by atoms with van der Waals surface area (Å²) in [6, 6.07) is 8.04. The zero-order valence-electron chi connectivity index (χ0n) is 14.9. The Morgan fingerprint density at radius 3 is 2.45 bits per heavy atom. The normalized spacial score (nSPS) is 15.1. The minimum Gasteiger partial charge on any atom is -0.440 e. The second kappa shape index (κ2) is 7.30. The average molecular weight is 301 g/mol. The van der Waals surface area contributed by atoms with E-state index in [9.17, 15) is 0 Å². The summed E-state index contributed by atoms with van der Waals surface area (Å²) in [6.45, 7) is 11.7. The lowest BCUT2D eigenvalue weighted by Crippen LogP contribution is -2.23. The maximum atomic E-state index is 5.92. The maximum absolute atomic E-state index is 5.92. The molecule has 0 aliphatic heterocycles. The van der Waals surface area contributed by atoms with Gasteiger partial charge in [-0.15, -0.1) is 0 Å². The predicted octanol–water partition coefficient (Wildman–Crippen LogP) is 6.56. The molecule has 22 heavy (non-hydrogen) atoms. The van der Waals surface area contributed by atoms with Gasteiger partial charge in [0.25, 0.3) is 0 Å². The number of para-hydroxylation sites is 2. The van der Waals surface area contributed by atoms with Crippen molar-refractivity contribution in [1.82, 2.24) is 4.98 Å². The second-order valence-corrected chi connectivity index (χ2v) is 7.33. The number of oxazole rings is 1. The molecule has 2 aromatic rings. The van der Waals surface area contributed by atoms with Gasteiger partial charge in [0.15, 0.2) is 11.5 Å². The first-order valence-corrected chi connectivity index (χ1v) is 8.83. The van der Waals surface area contributed by atoms with E-state index in [-0.39, 0.29) is 0 Å². The van der Waals surface area contributed by atoms with E-state index in [1.807, 2.05) is 24.3 Å². The fraction of sp³-hybridized carbons (Fsp3) is 0.650. The van der Waals surface area contributed by atoms with Crippen LogP contribution in [-0.4, -0.2) is 4.98 Å². The van der Waals surface area contributed by atoms with E-state index in [1.54, 1.807) is 0 Å². The Hall–Kier alpha value is -1.31. The summed E-state index contributed by atoms with van der Waals surface area (Å²) >= 11 is 0. The Bertz CT molecular complexity index is 551. The molecule has 0 aliphatic carbocycles. The molecule has 2 unspecified atom stereocenters. The molecular weight excluding hydrogens is 270 g/mol. The molecule has 2 rings (SSSR count). The molecule has 0 bridgehead atoms. The lowest BCUT2D eigenvalue weighted by atomic mass is 9.72. The molecule has 1 aromatic heterocycles. The summed E-state index contributed by atoms with van der Waals surface area (Å²) in [4.78, 5) is 4.65. The van der Waals surface area contributed by atoms with Crippen LogP contribution in [0.3, 0.4) is 0 Å². The van der Waals surface area contributed by atoms with Crippen molar-refractivity contribution in [2.75, 3.05) is 0 Å². The van der Waals surface area contributed by atoms with Crippen molar-refractivity contribution < 1.29 is 4.42 Å². The summed E-state index contributed by atoms with van der Waals surface area (Å²) < 4.78 is 5.92. The van der Waals surface area contributed by atoms with Crippen molar-refractivity contribution in [3.8, 4) is 0 Å². The fourth-order valence-corrected chi connectivity index (χ4v) is 3.24. The van der Waals surface area contributed by atoms with E-state index in [0.717, 1.165) is 29.3 Å². The number of benzene rings is 1. The van der Waals surface area contributed by atoms with Crippen molar-refractivity contribution in [2.24, 2.45) is 11.3 Å². The molecule has 122 valence electrons. The molecule has 1 aromatic carbocycles. The van der Waals surface area contributed by atoms with Gasteiger partial charge in [-0.05, 0) is 36.3 Å². The topological polar surface area (TPSA) is 26.0 Å². The first-order valence-electron chi connectivity index (χ1n) is 8.83. The van der Waals surface area contributed by atoms with E-state index in [4.69, 9.17) is 4.42 Å². The van der Waals surface area contributed by atoms with Crippen LogP contribution in [0.5, 0.6) is 0 Å². The standard InChI is InChI=1S/C20H31NO/c1-6-10-16(20(4,5)7-2)14-13-15(3)19-21-17-11-8-9-12-18(17)22-19/h8-9,11-12,15-16H,6-7,10,13-14H2,1-5H3. The summed E-state index contributed by atoms with van der Waals surface area (Å²) in [5, 5.41) is 0. The van der Waals surface area contributed by atoms with Crippen molar-refractivity contribution >= 4 is 11.1 Å². The average Bonchev–Trinajstić information content (AvgIpc) is 2.95. The quantitative estimate of drug-likeness (QED) is 0.551. The first kappa shape index (κ1) is 17.1. The molecule has 0 radical (unpaired) electrons. The van der Waals surface area contributed by atoms with Crippen LogP contribution < -0.4 is 0 Å². The monoisotopic (exact) mass is 301 g/mol. The van der Waals surface area contributed by atoms with E-state index in [2.05, 4.69) is 39.6 Å². The minimum absolute atomic E-state index is 0.388. The maximum Gasteiger partial charge on any atom is 0.198 e. The third-order valence-corrected chi connectivity index (χ3v) is 5.33. The van der Waals surface area contributed by atoms with Gasteiger partial charge in [0, 0.05) is 5.92 Å². The zero-order chi connectivity index (χ0) is 16.2. The Kier molecular flexibility index (Phi) is 5.66. The highest BCUT2D eigenvalue weighted by molar-refractivity contribution is 5.72. The molecule has 0 fully saturated rings. The van der Waals surface area contributed by atoms with Gasteiger partial charge in [0.2, 0.25) is 0 Å². The first-order chi connectivity index (χ1) is 10.5. The second-order valence-electron chi connectivity index (χ2n) is 7.33. The third-order valence-electron chi connectivity index (χ3n) is 5.33. The SMILES string of the molecule is CCCC(CCC(C)c1nc2ccccc2o1)C(C)(C)CC. The van der Waals surface area contributed by atoms with E-state index < -0.39 is 0 Å². The van der Waals surface area contributed by atoms with Gasteiger partial charge in [-0.25, -0.2) is 4.98 Å². The Morgan fingerprint density at radius 2 is 1.82 bits per heavy atom. The third kappa shape index (κ3) is 3.91. The van der Waals surface area contributed by atoms with Gasteiger partial charge in [0.1, 0.15) is 5.52 Å². The zero-order valence-corrected chi connectivity index (χ0v) is 14.9. The number of rotatable bonds is 8. The van der Waals surface area contributed by atoms with Gasteiger partial charge in [-0.1, -0.05) is 66.0 Å². The number of hydrogen-bond acceptors (Lipinski definition) is 2. The molecule has 2 heteroatoms. The molecule has 0 saturated carbocycles. The molecule has 0 amide bonds. The fourth-order valence-electron chi connectivity index (χ4n) is 3.24. The number of hydrogen-bond donors (Lipinski definition) is 0. The minimum atomic E-state index is 0.388. The van der Waals surface area contributed by atoms with Gasteiger partial charge >= 0.3 is 0 Å².